The lowest BCUT2D eigenvalue weighted by Gasteiger charge is -2.21. The van der Waals surface area contributed by atoms with Gasteiger partial charge in [0.25, 0.3) is 10.0 Å². The van der Waals surface area contributed by atoms with Crippen LogP contribution in [-0.2, 0) is 19.7 Å². The Kier molecular flexibility index (Phi) is 6.22. The van der Waals surface area contributed by atoms with Crippen LogP contribution < -0.4 is 15.1 Å². The van der Waals surface area contributed by atoms with Crippen LogP contribution in [0, 0.1) is 0 Å². The molecule has 1 saturated heterocycles. The van der Waals surface area contributed by atoms with E-state index in [1.54, 1.807) is 0 Å². The first-order valence-corrected chi connectivity index (χ1v) is 10.8. The van der Waals surface area contributed by atoms with Crippen molar-refractivity contribution in [1.82, 2.24) is 10.3 Å². The molecule has 1 atom stereocenters. The SMILES string of the molecule is O=C(ON(c1nccs1)S(=O)(=O)c1ccc(NC2CCNC2)c(Cl)c1)C(F)(F)F. The molecule has 0 bridgehead atoms. The number of sulfonamides is 1. The van der Waals surface area contributed by atoms with Gasteiger partial charge in [-0.05, 0) is 31.2 Å². The monoisotopic (exact) mass is 470 g/mol. The summed E-state index contributed by atoms with van der Waals surface area (Å²) < 4.78 is 63.4. The molecule has 0 amide bonds. The van der Waals surface area contributed by atoms with E-state index >= 15 is 0 Å². The van der Waals surface area contributed by atoms with Crippen LogP contribution in [0.2, 0.25) is 5.02 Å². The Morgan fingerprint density at radius 1 is 1.41 bits per heavy atom. The molecule has 1 fully saturated rings. The summed E-state index contributed by atoms with van der Waals surface area (Å²) in [5, 5.41) is 7.18. The molecule has 0 saturated carbocycles. The van der Waals surface area contributed by atoms with Crippen molar-refractivity contribution in [1.29, 1.82) is 0 Å². The summed E-state index contributed by atoms with van der Waals surface area (Å²) in [4.78, 5) is 18.5. The molecule has 3 rings (SSSR count). The maximum atomic E-state index is 12.9. The van der Waals surface area contributed by atoms with E-state index in [2.05, 4.69) is 20.5 Å². The zero-order valence-corrected chi connectivity index (χ0v) is 16.8. The van der Waals surface area contributed by atoms with Gasteiger partial charge in [-0.15, -0.1) is 11.3 Å². The molecule has 1 aromatic heterocycles. The summed E-state index contributed by atoms with van der Waals surface area (Å²) in [5.41, 5.74) is 0.465. The van der Waals surface area contributed by atoms with E-state index in [1.807, 2.05) is 0 Å². The number of carbonyl (C=O) groups is 1. The van der Waals surface area contributed by atoms with Crippen LogP contribution in [0.25, 0.3) is 0 Å². The molecule has 0 radical (unpaired) electrons. The van der Waals surface area contributed by atoms with E-state index < -0.39 is 32.2 Å². The highest BCUT2D eigenvalue weighted by Crippen LogP contribution is 2.32. The minimum atomic E-state index is -5.40. The topological polar surface area (TPSA) is 101 Å². The molecule has 1 aliphatic heterocycles. The second-order valence-corrected chi connectivity index (χ2v) is 8.93. The van der Waals surface area contributed by atoms with Crippen LogP contribution in [0.15, 0.2) is 34.7 Å². The molecule has 14 heteroatoms. The maximum Gasteiger partial charge on any atom is 0.493 e. The van der Waals surface area contributed by atoms with Crippen molar-refractivity contribution in [2.24, 2.45) is 0 Å². The Morgan fingerprint density at radius 3 is 2.72 bits per heavy atom. The number of anilines is 2. The zero-order valence-electron chi connectivity index (χ0n) is 14.4. The number of thiazole rings is 1. The summed E-state index contributed by atoms with van der Waals surface area (Å²) in [5.74, 6) is -2.70. The summed E-state index contributed by atoms with van der Waals surface area (Å²) in [6.07, 6.45) is -3.40. The first kappa shape index (κ1) is 21.6. The van der Waals surface area contributed by atoms with Gasteiger partial charge >= 0.3 is 12.1 Å². The van der Waals surface area contributed by atoms with Crippen molar-refractivity contribution < 1.29 is 31.2 Å². The number of benzene rings is 1. The Bertz CT molecular complexity index is 980. The van der Waals surface area contributed by atoms with Gasteiger partial charge in [0, 0.05) is 24.2 Å². The molecular weight excluding hydrogens is 457 g/mol. The van der Waals surface area contributed by atoms with Gasteiger partial charge in [0.05, 0.1) is 15.6 Å². The van der Waals surface area contributed by atoms with Gasteiger partial charge in [-0.3, -0.25) is 0 Å². The summed E-state index contributed by atoms with van der Waals surface area (Å²) in [6, 6.07) is 3.70. The van der Waals surface area contributed by atoms with Gasteiger partial charge in [0.2, 0.25) is 5.13 Å². The number of aromatic nitrogens is 1. The standard InChI is InChI=1S/C15H14ClF3N4O4S2/c16-11-7-10(1-2-12(11)22-9-3-4-20-8-9)29(25,26)23(14-21-5-6-28-14)27-13(24)15(17,18)19/h1-2,5-7,9,20,22H,3-4,8H2. The molecule has 29 heavy (non-hydrogen) atoms. The van der Waals surface area contributed by atoms with Gasteiger partial charge in [-0.1, -0.05) is 16.1 Å². The lowest BCUT2D eigenvalue weighted by molar-refractivity contribution is -0.199. The molecule has 2 aromatic rings. The van der Waals surface area contributed by atoms with Crippen molar-refractivity contribution in [2.75, 3.05) is 22.9 Å². The van der Waals surface area contributed by atoms with Gasteiger partial charge in [-0.2, -0.15) is 21.6 Å². The van der Waals surface area contributed by atoms with Crippen LogP contribution in [0.3, 0.4) is 0 Å². The first-order valence-electron chi connectivity index (χ1n) is 8.10. The van der Waals surface area contributed by atoms with Gasteiger partial charge in [-0.25, -0.2) is 9.78 Å². The van der Waals surface area contributed by atoms with E-state index in [9.17, 15) is 26.4 Å². The van der Waals surface area contributed by atoms with E-state index in [4.69, 9.17) is 11.6 Å². The minimum Gasteiger partial charge on any atom is -0.380 e. The Labute approximate surface area is 172 Å². The van der Waals surface area contributed by atoms with Crippen LogP contribution in [0.1, 0.15) is 6.42 Å². The van der Waals surface area contributed by atoms with Crippen LogP contribution in [0.5, 0.6) is 0 Å². The van der Waals surface area contributed by atoms with Crippen LogP contribution in [-0.4, -0.2) is 44.7 Å². The fraction of sp³-hybridized carbons (Fsp3) is 0.333. The predicted octanol–water partition coefficient (Wildman–Crippen LogP) is 2.79. The lowest BCUT2D eigenvalue weighted by atomic mass is 10.2. The van der Waals surface area contributed by atoms with Crippen molar-refractivity contribution in [3.05, 3.63) is 34.8 Å². The van der Waals surface area contributed by atoms with Gasteiger partial charge in [0.1, 0.15) is 0 Å². The number of rotatable bonds is 6. The number of hydrogen-bond acceptors (Lipinski definition) is 8. The van der Waals surface area contributed by atoms with E-state index in [-0.39, 0.29) is 15.5 Å². The second kappa shape index (κ2) is 8.34. The normalized spacial score (nSPS) is 17.2. The molecule has 1 aliphatic rings. The molecule has 8 nitrogen and oxygen atoms in total. The number of alkyl halides is 3. The Morgan fingerprint density at radius 2 is 2.17 bits per heavy atom. The van der Waals surface area contributed by atoms with Gasteiger partial charge in [0.15, 0.2) is 0 Å². The Hall–Kier alpha value is -2.09. The molecule has 0 aliphatic carbocycles. The first-order chi connectivity index (χ1) is 13.6. The van der Waals surface area contributed by atoms with E-state index in [1.165, 1.54) is 11.4 Å². The molecular formula is C15H14ClF3N4O4S2. The number of nitrogens with zero attached hydrogens (tertiary/aromatic N) is 2. The van der Waals surface area contributed by atoms with Crippen molar-refractivity contribution >= 4 is 49.7 Å². The third kappa shape index (κ3) is 4.91. The third-order valence-electron chi connectivity index (χ3n) is 3.85. The second-order valence-electron chi connectivity index (χ2n) is 5.90. The van der Waals surface area contributed by atoms with E-state index in [0.29, 0.717) is 23.6 Å². The lowest BCUT2D eigenvalue weighted by Crippen LogP contribution is -2.38. The molecule has 2 heterocycles. The van der Waals surface area contributed by atoms with E-state index in [0.717, 1.165) is 31.3 Å². The molecule has 1 aromatic carbocycles. The number of nitrogens with one attached hydrogen (secondary N) is 2. The number of halogens is 4. The highest BCUT2D eigenvalue weighted by molar-refractivity contribution is 7.92. The van der Waals surface area contributed by atoms with Crippen LogP contribution >= 0.6 is 22.9 Å². The quantitative estimate of drug-likeness (QED) is 0.626. The molecule has 0 spiro atoms. The fourth-order valence-electron chi connectivity index (χ4n) is 2.49. The fourth-order valence-corrected chi connectivity index (χ4v) is 4.82. The van der Waals surface area contributed by atoms with Crippen molar-refractivity contribution in [3.8, 4) is 0 Å². The number of hydrogen-bond donors (Lipinski definition) is 2. The average molecular weight is 471 g/mol. The summed E-state index contributed by atoms with van der Waals surface area (Å²) >= 11 is 6.83. The van der Waals surface area contributed by atoms with Gasteiger partial charge < -0.3 is 15.5 Å². The zero-order chi connectivity index (χ0) is 21.2. The highest BCUT2D eigenvalue weighted by atomic mass is 35.5. The molecule has 2 N–H and O–H groups in total. The molecule has 158 valence electrons. The molecule has 1 unspecified atom stereocenters. The average Bonchev–Trinajstić information content (AvgIpc) is 3.33. The summed E-state index contributed by atoms with van der Waals surface area (Å²) in [7, 11) is -4.73. The largest absolute Gasteiger partial charge is 0.493 e. The van der Waals surface area contributed by atoms with Crippen molar-refractivity contribution in [2.45, 2.75) is 23.5 Å². The highest BCUT2D eigenvalue weighted by Gasteiger charge is 2.45. The Balaban J connectivity index is 1.91. The van der Waals surface area contributed by atoms with Crippen LogP contribution in [0.4, 0.5) is 24.0 Å². The predicted molar refractivity (Wildman–Crippen MR) is 100 cm³/mol. The number of carbonyl (C=O) groups excluding carboxylic acids is 1. The summed E-state index contributed by atoms with van der Waals surface area (Å²) in [6.45, 7) is 1.54. The minimum absolute atomic E-state index is 0.0409. The smallest absolute Gasteiger partial charge is 0.380 e. The maximum absolute atomic E-state index is 12.9. The third-order valence-corrected chi connectivity index (χ3v) is 6.55. The van der Waals surface area contributed by atoms with Crippen molar-refractivity contribution in [3.63, 3.8) is 0 Å².